The molecule has 2 heteroatoms. The summed E-state index contributed by atoms with van der Waals surface area (Å²) in [5.74, 6) is 0. The molecule has 2 aromatic rings. The van der Waals surface area contributed by atoms with Gasteiger partial charge >= 0.3 is 0 Å². The number of nitrogens with one attached hydrogen (secondary N) is 1. The Labute approximate surface area is 95.1 Å². The lowest BCUT2D eigenvalue weighted by Crippen LogP contribution is -2.21. The molecule has 1 aromatic heterocycles. The average Bonchev–Trinajstić information content (AvgIpc) is 2.59. The highest BCUT2D eigenvalue weighted by atomic mass is 32.1. The van der Waals surface area contributed by atoms with Crippen molar-refractivity contribution < 1.29 is 0 Å². The van der Waals surface area contributed by atoms with Gasteiger partial charge in [0.1, 0.15) is 0 Å². The van der Waals surface area contributed by atoms with Crippen LogP contribution >= 0.6 is 11.3 Å². The molecule has 1 aromatic carbocycles. The predicted octanol–water partition coefficient (Wildman–Crippen LogP) is 3.71. The Balaban J connectivity index is 2.33. The van der Waals surface area contributed by atoms with E-state index >= 15 is 0 Å². The zero-order valence-corrected chi connectivity index (χ0v) is 10.3. The Kier molecular flexibility index (Phi) is 3.08. The van der Waals surface area contributed by atoms with Crippen LogP contribution < -0.4 is 5.32 Å². The average molecular weight is 219 g/mol. The Bertz CT molecular complexity index is 457. The summed E-state index contributed by atoms with van der Waals surface area (Å²) in [5, 5.41) is 7.15. The lowest BCUT2D eigenvalue weighted by atomic mass is 10.1. The second kappa shape index (κ2) is 4.33. The van der Waals surface area contributed by atoms with E-state index in [4.69, 9.17) is 0 Å². The van der Waals surface area contributed by atoms with Crippen LogP contribution in [0, 0.1) is 6.92 Å². The van der Waals surface area contributed by atoms with Gasteiger partial charge in [0, 0.05) is 17.3 Å². The molecule has 0 radical (unpaired) electrons. The minimum absolute atomic E-state index is 0.546. The Morgan fingerprint density at radius 3 is 2.87 bits per heavy atom. The number of hydrogen-bond acceptors (Lipinski definition) is 2. The van der Waals surface area contributed by atoms with E-state index in [1.807, 2.05) is 11.3 Å². The molecule has 0 amide bonds. The minimum atomic E-state index is 0.546. The predicted molar refractivity (Wildman–Crippen MR) is 68.5 cm³/mol. The number of aryl methyl sites for hydroxylation is 1. The van der Waals surface area contributed by atoms with Gasteiger partial charge < -0.3 is 5.32 Å². The fourth-order valence-electron chi connectivity index (χ4n) is 1.71. The minimum Gasteiger partial charge on any atom is -0.310 e. The fraction of sp³-hybridized carbons (Fsp3) is 0.385. The third-order valence-electron chi connectivity index (χ3n) is 2.58. The van der Waals surface area contributed by atoms with Gasteiger partial charge in [-0.25, -0.2) is 0 Å². The second-order valence-corrected chi connectivity index (χ2v) is 5.13. The van der Waals surface area contributed by atoms with E-state index in [0.717, 1.165) is 6.54 Å². The lowest BCUT2D eigenvalue weighted by molar-refractivity contribution is 0.591. The first-order chi connectivity index (χ1) is 7.18. The first-order valence-electron chi connectivity index (χ1n) is 5.37. The number of thiophene rings is 1. The summed E-state index contributed by atoms with van der Waals surface area (Å²) < 4.78 is 1.43. The van der Waals surface area contributed by atoms with Crippen LogP contribution in [0.15, 0.2) is 23.6 Å². The van der Waals surface area contributed by atoms with Crippen LogP contribution in [-0.4, -0.2) is 6.04 Å². The number of hydrogen-bond donors (Lipinski definition) is 1. The maximum atomic E-state index is 3.47. The summed E-state index contributed by atoms with van der Waals surface area (Å²) in [6.45, 7) is 7.51. The molecule has 0 saturated carbocycles. The Hall–Kier alpha value is -0.860. The van der Waals surface area contributed by atoms with Crippen LogP contribution in [0.1, 0.15) is 25.0 Å². The summed E-state index contributed by atoms with van der Waals surface area (Å²) in [4.78, 5) is 0. The third kappa shape index (κ3) is 2.21. The first-order valence-corrected chi connectivity index (χ1v) is 6.25. The SMILES string of the molecule is Cc1cccc2c(CNC(C)C)csc12. The monoisotopic (exact) mass is 219 g/mol. The van der Waals surface area contributed by atoms with E-state index in [1.54, 1.807) is 0 Å². The normalized spacial score (nSPS) is 11.5. The number of rotatable bonds is 3. The summed E-state index contributed by atoms with van der Waals surface area (Å²) in [5.41, 5.74) is 2.81. The zero-order chi connectivity index (χ0) is 10.8. The highest BCUT2D eigenvalue weighted by Crippen LogP contribution is 2.28. The van der Waals surface area contributed by atoms with E-state index in [0.29, 0.717) is 6.04 Å². The topological polar surface area (TPSA) is 12.0 Å². The highest BCUT2D eigenvalue weighted by molar-refractivity contribution is 7.17. The molecule has 1 nitrogen and oxygen atoms in total. The molecule has 0 aliphatic rings. The smallest absolute Gasteiger partial charge is 0.0375 e. The number of benzene rings is 1. The van der Waals surface area contributed by atoms with Crippen molar-refractivity contribution in [2.75, 3.05) is 0 Å². The standard InChI is InChI=1S/C13H17NS/c1-9(2)14-7-11-8-15-13-10(3)5-4-6-12(11)13/h4-6,8-9,14H,7H2,1-3H3. The Morgan fingerprint density at radius 2 is 2.13 bits per heavy atom. The third-order valence-corrected chi connectivity index (χ3v) is 3.76. The van der Waals surface area contributed by atoms with Gasteiger partial charge in [-0.3, -0.25) is 0 Å². The first kappa shape index (κ1) is 10.7. The fourth-order valence-corrected chi connectivity index (χ4v) is 2.76. The van der Waals surface area contributed by atoms with E-state index in [9.17, 15) is 0 Å². The van der Waals surface area contributed by atoms with Crippen LogP contribution in [0.3, 0.4) is 0 Å². The summed E-state index contributed by atoms with van der Waals surface area (Å²) in [6, 6.07) is 7.09. The van der Waals surface area contributed by atoms with E-state index in [2.05, 4.69) is 49.7 Å². The molecule has 0 atom stereocenters. The molecule has 0 bridgehead atoms. The molecule has 0 unspecified atom stereocenters. The second-order valence-electron chi connectivity index (χ2n) is 4.25. The van der Waals surface area contributed by atoms with Gasteiger partial charge in [0.05, 0.1) is 0 Å². The lowest BCUT2D eigenvalue weighted by Gasteiger charge is -2.06. The van der Waals surface area contributed by atoms with E-state index in [1.165, 1.54) is 21.2 Å². The molecular weight excluding hydrogens is 202 g/mol. The van der Waals surface area contributed by atoms with Crippen molar-refractivity contribution in [1.82, 2.24) is 5.32 Å². The molecule has 0 saturated heterocycles. The van der Waals surface area contributed by atoms with Crippen molar-refractivity contribution >= 4 is 21.4 Å². The van der Waals surface area contributed by atoms with Crippen molar-refractivity contribution in [3.63, 3.8) is 0 Å². The molecule has 15 heavy (non-hydrogen) atoms. The van der Waals surface area contributed by atoms with Crippen molar-refractivity contribution in [2.45, 2.75) is 33.4 Å². The van der Waals surface area contributed by atoms with Crippen molar-refractivity contribution in [2.24, 2.45) is 0 Å². The summed E-state index contributed by atoms with van der Waals surface area (Å²) >= 11 is 1.85. The van der Waals surface area contributed by atoms with Crippen LogP contribution in [0.2, 0.25) is 0 Å². The van der Waals surface area contributed by atoms with Crippen LogP contribution in [0.5, 0.6) is 0 Å². The van der Waals surface area contributed by atoms with Gasteiger partial charge in [-0.1, -0.05) is 32.0 Å². The summed E-state index contributed by atoms with van der Waals surface area (Å²) in [6.07, 6.45) is 0. The molecule has 0 aliphatic heterocycles. The maximum Gasteiger partial charge on any atom is 0.0375 e. The molecular formula is C13H17NS. The van der Waals surface area contributed by atoms with Crippen LogP contribution in [0.25, 0.3) is 10.1 Å². The largest absolute Gasteiger partial charge is 0.310 e. The summed E-state index contributed by atoms with van der Waals surface area (Å²) in [7, 11) is 0. The van der Waals surface area contributed by atoms with Crippen molar-refractivity contribution in [1.29, 1.82) is 0 Å². The molecule has 1 heterocycles. The van der Waals surface area contributed by atoms with Gasteiger partial charge in [0.25, 0.3) is 0 Å². The van der Waals surface area contributed by atoms with E-state index < -0.39 is 0 Å². The molecule has 80 valence electrons. The quantitative estimate of drug-likeness (QED) is 0.830. The van der Waals surface area contributed by atoms with E-state index in [-0.39, 0.29) is 0 Å². The van der Waals surface area contributed by atoms with Gasteiger partial charge in [0.2, 0.25) is 0 Å². The molecule has 0 aliphatic carbocycles. The van der Waals surface area contributed by atoms with Crippen molar-refractivity contribution in [3.8, 4) is 0 Å². The van der Waals surface area contributed by atoms with Gasteiger partial charge in [-0.05, 0) is 28.8 Å². The van der Waals surface area contributed by atoms with Crippen molar-refractivity contribution in [3.05, 3.63) is 34.7 Å². The van der Waals surface area contributed by atoms with Gasteiger partial charge in [-0.15, -0.1) is 11.3 Å². The molecule has 2 rings (SSSR count). The zero-order valence-electron chi connectivity index (χ0n) is 9.50. The van der Waals surface area contributed by atoms with Crippen LogP contribution in [-0.2, 0) is 6.54 Å². The van der Waals surface area contributed by atoms with Gasteiger partial charge in [-0.2, -0.15) is 0 Å². The Morgan fingerprint density at radius 1 is 1.33 bits per heavy atom. The van der Waals surface area contributed by atoms with Crippen LogP contribution in [0.4, 0.5) is 0 Å². The molecule has 0 spiro atoms. The maximum absolute atomic E-state index is 3.47. The number of fused-ring (bicyclic) bond motifs is 1. The van der Waals surface area contributed by atoms with Gasteiger partial charge in [0.15, 0.2) is 0 Å². The highest BCUT2D eigenvalue weighted by Gasteiger charge is 2.05. The molecule has 0 fully saturated rings. The molecule has 1 N–H and O–H groups in total.